The van der Waals surface area contributed by atoms with Gasteiger partial charge < -0.3 is 4.57 Å². The van der Waals surface area contributed by atoms with Gasteiger partial charge in [-0.15, -0.1) is 22.9 Å². The average molecular weight is 291 g/mol. The number of halogens is 1. The predicted octanol–water partition coefficient (Wildman–Crippen LogP) is 4.75. The van der Waals surface area contributed by atoms with Gasteiger partial charge in [0, 0.05) is 4.88 Å². The van der Waals surface area contributed by atoms with Crippen LogP contribution in [0.4, 0.5) is 0 Å². The number of hydrogen-bond donors (Lipinski definition) is 0. The standard InChI is InChI=1S/C15H15ClN2S/c1-10-5-6-12-13(8-10)18(15(9-16)17-12)11(2)14-4-3-7-19-14/h3-8,11H,9H2,1-2H3. The van der Waals surface area contributed by atoms with Gasteiger partial charge in [-0.3, -0.25) is 0 Å². The molecule has 3 aromatic rings. The molecule has 1 unspecified atom stereocenters. The molecule has 2 aromatic heterocycles. The minimum absolute atomic E-state index is 0.264. The third-order valence-corrected chi connectivity index (χ3v) is 4.66. The fourth-order valence-corrected chi connectivity index (χ4v) is 3.40. The van der Waals surface area contributed by atoms with Gasteiger partial charge in [-0.05, 0) is 43.0 Å². The number of alkyl halides is 1. The molecule has 2 nitrogen and oxygen atoms in total. The third kappa shape index (κ3) is 2.17. The maximum absolute atomic E-state index is 6.07. The largest absolute Gasteiger partial charge is 0.319 e. The van der Waals surface area contributed by atoms with Gasteiger partial charge >= 0.3 is 0 Å². The Hall–Kier alpha value is -1.32. The van der Waals surface area contributed by atoms with Crippen molar-refractivity contribution in [3.05, 3.63) is 52.0 Å². The molecule has 0 saturated carbocycles. The Bertz CT molecular complexity index is 700. The number of thiophene rings is 1. The Balaban J connectivity index is 2.23. The molecular formula is C15H15ClN2S. The van der Waals surface area contributed by atoms with Crippen LogP contribution in [-0.2, 0) is 5.88 Å². The number of nitrogens with zero attached hydrogens (tertiary/aromatic N) is 2. The lowest BCUT2D eigenvalue weighted by Gasteiger charge is -2.15. The molecule has 0 bridgehead atoms. The van der Waals surface area contributed by atoms with E-state index in [-0.39, 0.29) is 6.04 Å². The highest BCUT2D eigenvalue weighted by Crippen LogP contribution is 2.29. The molecule has 0 spiro atoms. The highest BCUT2D eigenvalue weighted by Gasteiger charge is 2.17. The van der Waals surface area contributed by atoms with E-state index >= 15 is 0 Å². The maximum Gasteiger partial charge on any atom is 0.125 e. The molecule has 2 heterocycles. The Morgan fingerprint density at radius 2 is 2.21 bits per heavy atom. The first-order valence-corrected chi connectivity index (χ1v) is 7.69. The normalized spacial score (nSPS) is 13.0. The lowest BCUT2D eigenvalue weighted by Crippen LogP contribution is -2.08. The van der Waals surface area contributed by atoms with E-state index in [1.807, 2.05) is 0 Å². The second-order valence-electron chi connectivity index (χ2n) is 4.72. The molecule has 0 radical (unpaired) electrons. The van der Waals surface area contributed by atoms with E-state index in [2.05, 4.69) is 59.1 Å². The molecule has 1 aromatic carbocycles. The van der Waals surface area contributed by atoms with E-state index in [9.17, 15) is 0 Å². The second kappa shape index (κ2) is 4.99. The van der Waals surface area contributed by atoms with Gasteiger partial charge in [-0.25, -0.2) is 4.98 Å². The zero-order valence-electron chi connectivity index (χ0n) is 10.9. The molecule has 19 heavy (non-hydrogen) atoms. The average Bonchev–Trinajstić information content (AvgIpc) is 3.04. The van der Waals surface area contributed by atoms with Crippen molar-refractivity contribution in [3.63, 3.8) is 0 Å². The number of aromatic nitrogens is 2. The molecule has 0 N–H and O–H groups in total. The number of fused-ring (bicyclic) bond motifs is 1. The summed E-state index contributed by atoms with van der Waals surface area (Å²) < 4.78 is 2.25. The van der Waals surface area contributed by atoms with E-state index in [1.165, 1.54) is 10.4 Å². The first-order valence-electron chi connectivity index (χ1n) is 6.27. The summed E-state index contributed by atoms with van der Waals surface area (Å²) in [6, 6.07) is 10.9. The van der Waals surface area contributed by atoms with Crippen molar-refractivity contribution in [2.45, 2.75) is 25.8 Å². The van der Waals surface area contributed by atoms with E-state index in [0.29, 0.717) is 5.88 Å². The quantitative estimate of drug-likeness (QED) is 0.636. The molecular weight excluding hydrogens is 276 g/mol. The van der Waals surface area contributed by atoms with Gasteiger partial charge in [-0.1, -0.05) is 12.1 Å². The smallest absolute Gasteiger partial charge is 0.125 e. The number of hydrogen-bond acceptors (Lipinski definition) is 2. The zero-order valence-corrected chi connectivity index (χ0v) is 12.5. The summed E-state index contributed by atoms with van der Waals surface area (Å²) in [6.45, 7) is 4.30. The molecule has 0 amide bonds. The Labute approximate surface area is 121 Å². The van der Waals surface area contributed by atoms with Crippen LogP contribution < -0.4 is 0 Å². The summed E-state index contributed by atoms with van der Waals surface area (Å²) in [4.78, 5) is 5.96. The van der Waals surface area contributed by atoms with Crippen LogP contribution in [0.25, 0.3) is 11.0 Å². The number of rotatable bonds is 3. The van der Waals surface area contributed by atoms with E-state index in [4.69, 9.17) is 11.6 Å². The highest BCUT2D eigenvalue weighted by atomic mass is 35.5. The highest BCUT2D eigenvalue weighted by molar-refractivity contribution is 7.10. The molecule has 0 fully saturated rings. The van der Waals surface area contributed by atoms with Crippen molar-refractivity contribution < 1.29 is 0 Å². The molecule has 4 heteroatoms. The van der Waals surface area contributed by atoms with Crippen LogP contribution in [0, 0.1) is 6.92 Å². The SMILES string of the molecule is Cc1ccc2nc(CCl)n(C(C)c3cccs3)c2c1. The van der Waals surface area contributed by atoms with Gasteiger partial charge in [0.15, 0.2) is 0 Å². The van der Waals surface area contributed by atoms with Gasteiger partial charge in [0.05, 0.1) is 23.0 Å². The molecule has 98 valence electrons. The van der Waals surface area contributed by atoms with Crippen molar-refractivity contribution in [2.24, 2.45) is 0 Å². The zero-order chi connectivity index (χ0) is 13.4. The Morgan fingerprint density at radius 3 is 2.89 bits per heavy atom. The molecule has 0 saturated heterocycles. The number of benzene rings is 1. The van der Waals surface area contributed by atoms with Crippen molar-refractivity contribution in [2.75, 3.05) is 0 Å². The number of imidazole rings is 1. The van der Waals surface area contributed by atoms with E-state index in [1.54, 1.807) is 11.3 Å². The van der Waals surface area contributed by atoms with Gasteiger partial charge in [0.1, 0.15) is 5.82 Å². The van der Waals surface area contributed by atoms with Crippen molar-refractivity contribution in [1.29, 1.82) is 0 Å². The van der Waals surface area contributed by atoms with Crippen molar-refractivity contribution >= 4 is 34.0 Å². The van der Waals surface area contributed by atoms with Crippen LogP contribution in [0.3, 0.4) is 0 Å². The van der Waals surface area contributed by atoms with Crippen molar-refractivity contribution in [3.8, 4) is 0 Å². The molecule has 0 aliphatic heterocycles. The van der Waals surface area contributed by atoms with Crippen LogP contribution in [0.2, 0.25) is 0 Å². The Kier molecular flexibility index (Phi) is 3.33. The topological polar surface area (TPSA) is 17.8 Å². The van der Waals surface area contributed by atoms with E-state index in [0.717, 1.165) is 16.9 Å². The lowest BCUT2D eigenvalue weighted by atomic mass is 10.2. The number of aryl methyl sites for hydroxylation is 1. The van der Waals surface area contributed by atoms with Crippen LogP contribution >= 0.6 is 22.9 Å². The summed E-state index contributed by atoms with van der Waals surface area (Å²) in [6.07, 6.45) is 0. The Morgan fingerprint density at radius 1 is 1.37 bits per heavy atom. The minimum Gasteiger partial charge on any atom is -0.319 e. The monoisotopic (exact) mass is 290 g/mol. The summed E-state index contributed by atoms with van der Waals surface area (Å²) in [5.74, 6) is 1.37. The van der Waals surface area contributed by atoms with Crippen LogP contribution in [-0.4, -0.2) is 9.55 Å². The first kappa shape index (κ1) is 12.7. The fraction of sp³-hybridized carbons (Fsp3) is 0.267. The van der Waals surface area contributed by atoms with Crippen molar-refractivity contribution in [1.82, 2.24) is 9.55 Å². The summed E-state index contributed by atoms with van der Waals surface area (Å²) in [7, 11) is 0. The van der Waals surface area contributed by atoms with Gasteiger partial charge in [-0.2, -0.15) is 0 Å². The predicted molar refractivity (Wildman–Crippen MR) is 82.2 cm³/mol. The van der Waals surface area contributed by atoms with Crippen LogP contribution in [0.15, 0.2) is 35.7 Å². The molecule has 1 atom stereocenters. The fourth-order valence-electron chi connectivity index (χ4n) is 2.44. The summed E-state index contributed by atoms with van der Waals surface area (Å²) >= 11 is 7.84. The molecule has 3 rings (SSSR count). The molecule has 0 aliphatic carbocycles. The molecule has 0 aliphatic rings. The summed E-state index contributed by atoms with van der Waals surface area (Å²) in [5, 5.41) is 2.11. The van der Waals surface area contributed by atoms with E-state index < -0.39 is 0 Å². The maximum atomic E-state index is 6.07. The van der Waals surface area contributed by atoms with Crippen LogP contribution in [0.5, 0.6) is 0 Å². The second-order valence-corrected chi connectivity index (χ2v) is 5.96. The summed E-state index contributed by atoms with van der Waals surface area (Å²) in [5.41, 5.74) is 3.43. The minimum atomic E-state index is 0.264. The van der Waals surface area contributed by atoms with Gasteiger partial charge in [0.2, 0.25) is 0 Å². The first-order chi connectivity index (χ1) is 9.20. The van der Waals surface area contributed by atoms with Crippen LogP contribution in [0.1, 0.15) is 29.2 Å². The lowest BCUT2D eigenvalue weighted by molar-refractivity contribution is 0.644. The van der Waals surface area contributed by atoms with Gasteiger partial charge in [0.25, 0.3) is 0 Å². The third-order valence-electron chi connectivity index (χ3n) is 3.38.